The van der Waals surface area contributed by atoms with Gasteiger partial charge in [-0.2, -0.15) is 5.10 Å². The lowest BCUT2D eigenvalue weighted by Gasteiger charge is -2.24. The number of carbonyl (C=O) groups excluding carboxylic acids is 1. The number of benzene rings is 2. The Morgan fingerprint density at radius 2 is 1.88 bits per heavy atom. The fourth-order valence-electron chi connectivity index (χ4n) is 5.93. The summed E-state index contributed by atoms with van der Waals surface area (Å²) in [5, 5.41) is 12.0. The molecule has 4 aromatic rings. The molecular formula is C35H42N4O2. The summed E-state index contributed by atoms with van der Waals surface area (Å²) in [6, 6.07) is 19.6. The van der Waals surface area contributed by atoms with E-state index in [4.69, 9.17) is 4.74 Å². The molecule has 1 aliphatic rings. The lowest BCUT2D eigenvalue weighted by molar-refractivity contribution is 0.0920. The van der Waals surface area contributed by atoms with E-state index >= 15 is 0 Å². The van der Waals surface area contributed by atoms with Gasteiger partial charge >= 0.3 is 0 Å². The summed E-state index contributed by atoms with van der Waals surface area (Å²) in [6.07, 6.45) is 9.35. The topological polar surface area (TPSA) is 79.9 Å². The number of amides is 1. The van der Waals surface area contributed by atoms with Crippen LogP contribution >= 0.6 is 0 Å². The van der Waals surface area contributed by atoms with Gasteiger partial charge in [0.1, 0.15) is 11.9 Å². The summed E-state index contributed by atoms with van der Waals surface area (Å²) in [7, 11) is 0. The summed E-state index contributed by atoms with van der Waals surface area (Å²) in [5.74, 6) is 1.71. The van der Waals surface area contributed by atoms with Crippen molar-refractivity contribution in [2.45, 2.75) is 77.9 Å². The number of fused-ring (bicyclic) bond motifs is 1. The number of aromatic nitrogens is 3. The van der Waals surface area contributed by atoms with Crippen molar-refractivity contribution in [1.29, 1.82) is 0 Å². The smallest absolute Gasteiger partial charge is 0.251 e. The first-order valence-electron chi connectivity index (χ1n) is 15.0. The highest BCUT2D eigenvalue weighted by Gasteiger charge is 2.29. The maximum Gasteiger partial charge on any atom is 0.251 e. The number of hydrogen-bond acceptors (Lipinski definition) is 4. The molecule has 2 N–H and O–H groups in total. The summed E-state index contributed by atoms with van der Waals surface area (Å²) < 4.78 is 6.38. The van der Waals surface area contributed by atoms with Gasteiger partial charge < -0.3 is 10.1 Å². The van der Waals surface area contributed by atoms with Crippen LogP contribution in [0.4, 0.5) is 0 Å². The Kier molecular flexibility index (Phi) is 9.17. The predicted molar refractivity (Wildman–Crippen MR) is 166 cm³/mol. The number of rotatable bonds is 12. The number of pyridine rings is 1. The van der Waals surface area contributed by atoms with Crippen molar-refractivity contribution in [2.24, 2.45) is 11.8 Å². The second kappa shape index (κ2) is 13.2. The van der Waals surface area contributed by atoms with Gasteiger partial charge in [-0.05, 0) is 92.1 Å². The Morgan fingerprint density at radius 1 is 1.10 bits per heavy atom. The van der Waals surface area contributed by atoms with Gasteiger partial charge in [0, 0.05) is 29.1 Å². The molecule has 2 atom stereocenters. The number of carbonyl (C=O) groups is 1. The minimum atomic E-state index is -0.0905. The number of aromatic amines is 1. The molecule has 0 spiro atoms. The van der Waals surface area contributed by atoms with E-state index < -0.39 is 0 Å². The van der Waals surface area contributed by atoms with Gasteiger partial charge in [-0.1, -0.05) is 51.8 Å². The normalized spacial score (nSPS) is 15.2. The Hall–Kier alpha value is -3.93. The van der Waals surface area contributed by atoms with Crippen LogP contribution < -0.4 is 10.1 Å². The lowest BCUT2D eigenvalue weighted by Crippen LogP contribution is -2.33. The fraction of sp³-hybridized carbons (Fsp3) is 0.400. The summed E-state index contributed by atoms with van der Waals surface area (Å²) in [6.45, 7) is 10.8. The van der Waals surface area contributed by atoms with Gasteiger partial charge in [0.2, 0.25) is 0 Å². The maximum absolute atomic E-state index is 13.5. The van der Waals surface area contributed by atoms with E-state index in [-0.39, 0.29) is 18.1 Å². The minimum Gasteiger partial charge on any atom is -0.490 e. The van der Waals surface area contributed by atoms with Crippen LogP contribution in [0.2, 0.25) is 0 Å². The van der Waals surface area contributed by atoms with E-state index in [9.17, 15) is 4.79 Å². The molecule has 0 aliphatic heterocycles. The molecule has 2 unspecified atom stereocenters. The van der Waals surface area contributed by atoms with Gasteiger partial charge in [0.25, 0.3) is 5.91 Å². The van der Waals surface area contributed by atoms with E-state index in [1.807, 2.05) is 60.7 Å². The zero-order valence-electron chi connectivity index (χ0n) is 24.5. The van der Waals surface area contributed by atoms with Gasteiger partial charge in [0.05, 0.1) is 22.9 Å². The van der Waals surface area contributed by atoms with Gasteiger partial charge in [0.15, 0.2) is 0 Å². The second-order valence-corrected chi connectivity index (χ2v) is 11.8. The van der Waals surface area contributed by atoms with Crippen molar-refractivity contribution in [3.63, 3.8) is 0 Å². The SMILES string of the molecule is C=C(CC)CC(CC(C)C)Oc1ccc(-c2n[nH]c3ccc(C(=O)NC(c4ccccn4)C4CCCC4)cc23)cc1. The maximum atomic E-state index is 13.5. The molecule has 0 saturated heterocycles. The standard InChI is InChI=1S/C35H42N4O2/c1-5-24(4)21-29(20-23(2)3)41-28-16-13-26(14-17-28)33-30-22-27(15-18-31(30)38-39-33)35(40)37-34(25-10-6-7-11-25)32-12-8-9-19-36-32/h8-9,12-19,22-23,25,29,34H,4-7,10-11,20-21H2,1-3H3,(H,37,40)(H,38,39). The predicted octanol–water partition coefficient (Wildman–Crippen LogP) is 8.44. The van der Waals surface area contributed by atoms with Crippen LogP contribution in [0.5, 0.6) is 5.75 Å². The monoisotopic (exact) mass is 550 g/mol. The van der Waals surface area contributed by atoms with Crippen molar-refractivity contribution in [3.8, 4) is 17.0 Å². The Bertz CT molecular complexity index is 1450. The summed E-state index contributed by atoms with van der Waals surface area (Å²) in [4.78, 5) is 18.1. The zero-order chi connectivity index (χ0) is 28.8. The molecule has 1 aliphatic carbocycles. The first kappa shape index (κ1) is 28.6. The van der Waals surface area contributed by atoms with Crippen LogP contribution in [-0.2, 0) is 0 Å². The van der Waals surface area contributed by atoms with Crippen LogP contribution in [0.15, 0.2) is 79.0 Å². The van der Waals surface area contributed by atoms with Crippen molar-refractivity contribution in [3.05, 3.63) is 90.3 Å². The molecule has 1 fully saturated rings. The molecule has 6 nitrogen and oxygen atoms in total. The van der Waals surface area contributed by atoms with E-state index in [2.05, 4.69) is 47.8 Å². The fourth-order valence-corrected chi connectivity index (χ4v) is 5.93. The lowest BCUT2D eigenvalue weighted by atomic mass is 9.94. The Balaban J connectivity index is 1.34. The third-order valence-electron chi connectivity index (χ3n) is 8.17. The first-order valence-corrected chi connectivity index (χ1v) is 15.0. The van der Waals surface area contributed by atoms with Crippen molar-refractivity contribution in [1.82, 2.24) is 20.5 Å². The van der Waals surface area contributed by atoms with Gasteiger partial charge in [-0.15, -0.1) is 0 Å². The molecule has 0 bridgehead atoms. The summed E-state index contributed by atoms with van der Waals surface area (Å²) in [5.41, 5.74) is 5.43. The molecule has 0 radical (unpaired) electrons. The number of hydrogen-bond donors (Lipinski definition) is 2. The average Bonchev–Trinajstić information content (AvgIpc) is 3.66. The molecule has 2 heterocycles. The molecule has 6 heteroatoms. The van der Waals surface area contributed by atoms with Crippen molar-refractivity contribution >= 4 is 16.8 Å². The molecule has 214 valence electrons. The minimum absolute atomic E-state index is 0.0878. The van der Waals surface area contributed by atoms with Gasteiger partial charge in [-0.25, -0.2) is 0 Å². The third kappa shape index (κ3) is 7.05. The van der Waals surface area contributed by atoms with Crippen LogP contribution in [0, 0.1) is 11.8 Å². The van der Waals surface area contributed by atoms with Crippen molar-refractivity contribution < 1.29 is 9.53 Å². The molecule has 2 aromatic carbocycles. The second-order valence-electron chi connectivity index (χ2n) is 11.8. The van der Waals surface area contributed by atoms with Crippen LogP contribution in [0.25, 0.3) is 22.2 Å². The van der Waals surface area contributed by atoms with Crippen LogP contribution in [0.3, 0.4) is 0 Å². The zero-order valence-corrected chi connectivity index (χ0v) is 24.5. The molecule has 1 saturated carbocycles. The van der Waals surface area contributed by atoms with Crippen LogP contribution in [0.1, 0.15) is 87.8 Å². The van der Waals surface area contributed by atoms with E-state index in [1.54, 1.807) is 6.20 Å². The van der Waals surface area contributed by atoms with E-state index in [1.165, 1.54) is 18.4 Å². The highest BCUT2D eigenvalue weighted by Crippen LogP contribution is 2.35. The highest BCUT2D eigenvalue weighted by molar-refractivity contribution is 6.01. The molecule has 2 aromatic heterocycles. The van der Waals surface area contributed by atoms with Crippen molar-refractivity contribution in [2.75, 3.05) is 0 Å². The van der Waals surface area contributed by atoms with E-state index in [0.717, 1.165) is 65.7 Å². The number of H-pyrrole nitrogens is 1. The average molecular weight is 551 g/mol. The Labute approximate surface area is 243 Å². The Morgan fingerprint density at radius 3 is 2.56 bits per heavy atom. The number of ether oxygens (including phenoxy) is 1. The highest BCUT2D eigenvalue weighted by atomic mass is 16.5. The first-order chi connectivity index (χ1) is 19.9. The molecule has 1 amide bonds. The van der Waals surface area contributed by atoms with Crippen LogP contribution in [-0.4, -0.2) is 27.2 Å². The van der Waals surface area contributed by atoms with Gasteiger partial charge in [-0.3, -0.25) is 14.9 Å². The largest absolute Gasteiger partial charge is 0.490 e. The summed E-state index contributed by atoms with van der Waals surface area (Å²) >= 11 is 0. The number of nitrogens with zero attached hydrogens (tertiary/aromatic N) is 2. The molecular weight excluding hydrogens is 508 g/mol. The molecule has 41 heavy (non-hydrogen) atoms. The van der Waals surface area contributed by atoms with E-state index in [0.29, 0.717) is 17.4 Å². The number of nitrogens with one attached hydrogen (secondary N) is 2. The quantitative estimate of drug-likeness (QED) is 0.173. The molecule has 5 rings (SSSR count). The third-order valence-corrected chi connectivity index (χ3v) is 8.17.